The van der Waals surface area contributed by atoms with E-state index in [1.54, 1.807) is 12.1 Å². The Bertz CT molecular complexity index is 672. The van der Waals surface area contributed by atoms with Crippen LogP contribution < -0.4 is 5.32 Å². The van der Waals surface area contributed by atoms with Gasteiger partial charge in [0.25, 0.3) is 0 Å². The molecule has 2 aromatic rings. The molecular weight excluding hydrogens is 296 g/mol. The summed E-state index contributed by atoms with van der Waals surface area (Å²) in [7, 11) is 0. The van der Waals surface area contributed by atoms with Gasteiger partial charge in [-0.15, -0.1) is 0 Å². The molecular formula is C19H19F2NO. The van der Waals surface area contributed by atoms with Crippen molar-refractivity contribution in [2.24, 2.45) is 0 Å². The number of ether oxygens (including phenoxy) is 1. The average Bonchev–Trinajstić information content (AvgIpc) is 2.72. The Balaban J connectivity index is 1.86. The second-order valence-corrected chi connectivity index (χ2v) is 6.28. The lowest BCUT2D eigenvalue weighted by molar-refractivity contribution is 0.0185. The molecule has 1 aliphatic heterocycles. The van der Waals surface area contributed by atoms with Gasteiger partial charge in [-0.1, -0.05) is 12.1 Å². The highest BCUT2D eigenvalue weighted by molar-refractivity contribution is 5.46. The van der Waals surface area contributed by atoms with Crippen molar-refractivity contribution in [3.63, 3.8) is 0 Å². The number of morpholine rings is 1. The zero-order valence-electron chi connectivity index (χ0n) is 12.8. The Morgan fingerprint density at radius 1 is 0.913 bits per heavy atom. The minimum atomic E-state index is -0.220. The summed E-state index contributed by atoms with van der Waals surface area (Å²) in [6, 6.07) is 9.98. The Kier molecular flexibility index (Phi) is 3.87. The van der Waals surface area contributed by atoms with Crippen LogP contribution in [-0.2, 0) is 17.6 Å². The number of halogens is 2. The molecule has 0 amide bonds. The van der Waals surface area contributed by atoms with Crippen molar-refractivity contribution in [3.8, 4) is 0 Å². The van der Waals surface area contributed by atoms with Crippen LogP contribution in [0.2, 0.25) is 0 Å². The summed E-state index contributed by atoms with van der Waals surface area (Å²) in [5.41, 5.74) is 4.21. The molecule has 0 radical (unpaired) electrons. The summed E-state index contributed by atoms with van der Waals surface area (Å²) in [4.78, 5) is 0. The minimum absolute atomic E-state index is 0.0106. The van der Waals surface area contributed by atoms with Gasteiger partial charge in [-0.2, -0.15) is 0 Å². The van der Waals surface area contributed by atoms with E-state index in [1.807, 2.05) is 12.1 Å². The van der Waals surface area contributed by atoms with Gasteiger partial charge in [-0.25, -0.2) is 8.78 Å². The quantitative estimate of drug-likeness (QED) is 0.873. The normalized spacial score (nSPS) is 21.4. The molecule has 0 aromatic heterocycles. The van der Waals surface area contributed by atoms with Crippen molar-refractivity contribution in [1.82, 2.24) is 5.32 Å². The molecule has 2 nitrogen and oxygen atoms in total. The second-order valence-electron chi connectivity index (χ2n) is 6.28. The molecule has 2 aliphatic rings. The monoisotopic (exact) mass is 315 g/mol. The third kappa shape index (κ3) is 2.77. The number of fused-ring (bicyclic) bond motifs is 2. The van der Waals surface area contributed by atoms with Crippen LogP contribution in [0.1, 0.15) is 28.2 Å². The molecule has 1 aliphatic carbocycles. The first-order valence-electron chi connectivity index (χ1n) is 8.11. The molecule has 1 heterocycles. The van der Waals surface area contributed by atoms with Gasteiger partial charge in [0.2, 0.25) is 0 Å². The molecule has 1 saturated heterocycles. The highest BCUT2D eigenvalue weighted by Crippen LogP contribution is 2.38. The van der Waals surface area contributed by atoms with E-state index in [1.165, 1.54) is 12.1 Å². The van der Waals surface area contributed by atoms with Gasteiger partial charge in [0.1, 0.15) is 11.6 Å². The predicted octanol–water partition coefficient (Wildman–Crippen LogP) is 3.18. The highest BCUT2D eigenvalue weighted by Gasteiger charge is 2.32. The molecule has 0 saturated carbocycles. The van der Waals surface area contributed by atoms with Crippen molar-refractivity contribution < 1.29 is 13.5 Å². The summed E-state index contributed by atoms with van der Waals surface area (Å²) < 4.78 is 33.4. The Morgan fingerprint density at radius 2 is 1.52 bits per heavy atom. The molecule has 4 rings (SSSR count). The number of nitrogens with one attached hydrogen (secondary N) is 1. The van der Waals surface area contributed by atoms with Crippen LogP contribution in [0.25, 0.3) is 0 Å². The van der Waals surface area contributed by atoms with Crippen molar-refractivity contribution >= 4 is 0 Å². The lowest BCUT2D eigenvalue weighted by Gasteiger charge is -2.32. The van der Waals surface area contributed by atoms with E-state index in [9.17, 15) is 8.78 Å². The van der Waals surface area contributed by atoms with E-state index in [0.717, 1.165) is 48.2 Å². The molecule has 0 spiro atoms. The fourth-order valence-electron chi connectivity index (χ4n) is 3.83. The highest BCUT2D eigenvalue weighted by atomic mass is 19.1. The maximum Gasteiger partial charge on any atom is 0.123 e. The third-order valence-electron chi connectivity index (χ3n) is 4.87. The van der Waals surface area contributed by atoms with Gasteiger partial charge in [0, 0.05) is 19.0 Å². The largest absolute Gasteiger partial charge is 0.375 e. The molecule has 0 bridgehead atoms. The third-order valence-corrected chi connectivity index (χ3v) is 4.87. The summed E-state index contributed by atoms with van der Waals surface area (Å²) in [6.07, 6.45) is 1.43. The average molecular weight is 315 g/mol. The smallest absolute Gasteiger partial charge is 0.123 e. The summed E-state index contributed by atoms with van der Waals surface area (Å²) in [5, 5.41) is 3.36. The van der Waals surface area contributed by atoms with Gasteiger partial charge < -0.3 is 10.1 Å². The molecule has 1 unspecified atom stereocenters. The standard InChI is InChI=1S/C19H19F2NO/c20-14-3-5-16-12(9-14)1-2-13-10-15(21)4-6-17(13)19(16)18-11-22-7-8-23-18/h3-6,9-10,18-19,22H,1-2,7-8,11H2. The predicted molar refractivity (Wildman–Crippen MR) is 84.7 cm³/mol. The van der Waals surface area contributed by atoms with Crippen molar-refractivity contribution in [3.05, 3.63) is 70.3 Å². The van der Waals surface area contributed by atoms with Crippen molar-refractivity contribution in [2.75, 3.05) is 19.7 Å². The van der Waals surface area contributed by atoms with Crippen molar-refractivity contribution in [1.29, 1.82) is 0 Å². The van der Waals surface area contributed by atoms with E-state index in [4.69, 9.17) is 4.74 Å². The summed E-state index contributed by atoms with van der Waals surface area (Å²) >= 11 is 0. The van der Waals surface area contributed by atoms with E-state index in [2.05, 4.69) is 5.32 Å². The minimum Gasteiger partial charge on any atom is -0.375 e. The molecule has 2 aromatic carbocycles. The van der Waals surface area contributed by atoms with Gasteiger partial charge in [0.05, 0.1) is 12.7 Å². The first-order valence-corrected chi connectivity index (χ1v) is 8.11. The summed E-state index contributed by atoms with van der Waals surface area (Å²) in [5.74, 6) is -0.429. The van der Waals surface area contributed by atoms with Gasteiger partial charge in [0.15, 0.2) is 0 Å². The number of benzene rings is 2. The topological polar surface area (TPSA) is 21.3 Å². The first-order chi connectivity index (χ1) is 11.2. The van der Waals surface area contributed by atoms with E-state index >= 15 is 0 Å². The fourth-order valence-corrected chi connectivity index (χ4v) is 3.83. The molecule has 1 atom stereocenters. The molecule has 1 fully saturated rings. The first kappa shape index (κ1) is 14.8. The molecule has 23 heavy (non-hydrogen) atoms. The van der Waals surface area contributed by atoms with E-state index in [-0.39, 0.29) is 23.7 Å². The van der Waals surface area contributed by atoms with Gasteiger partial charge in [-0.3, -0.25) is 0 Å². The maximum absolute atomic E-state index is 13.7. The van der Waals surface area contributed by atoms with Gasteiger partial charge >= 0.3 is 0 Å². The van der Waals surface area contributed by atoms with E-state index in [0.29, 0.717) is 6.61 Å². The van der Waals surface area contributed by atoms with Crippen LogP contribution in [0.4, 0.5) is 8.78 Å². The lowest BCUT2D eigenvalue weighted by Crippen LogP contribution is -2.42. The number of hydrogen-bond donors (Lipinski definition) is 1. The van der Waals surface area contributed by atoms with Crippen molar-refractivity contribution in [2.45, 2.75) is 24.9 Å². The summed E-state index contributed by atoms with van der Waals surface area (Å²) in [6.45, 7) is 2.25. The van der Waals surface area contributed by atoms with E-state index < -0.39 is 0 Å². The SMILES string of the molecule is Fc1ccc2c(c1)CCc1cc(F)ccc1C2C1CNCCO1. The Labute approximate surface area is 134 Å². The number of rotatable bonds is 1. The molecule has 4 heteroatoms. The van der Waals surface area contributed by atoms with Crippen LogP contribution in [0.3, 0.4) is 0 Å². The molecule has 120 valence electrons. The lowest BCUT2D eigenvalue weighted by atomic mass is 9.83. The van der Waals surface area contributed by atoms with Gasteiger partial charge in [-0.05, 0) is 59.4 Å². The molecule has 1 N–H and O–H groups in total. The fraction of sp³-hybridized carbons (Fsp3) is 0.368. The Hall–Kier alpha value is -1.78. The maximum atomic E-state index is 13.7. The van der Waals surface area contributed by atoms with Crippen LogP contribution >= 0.6 is 0 Å². The number of hydrogen-bond acceptors (Lipinski definition) is 2. The van der Waals surface area contributed by atoms with Crippen LogP contribution in [0, 0.1) is 11.6 Å². The van der Waals surface area contributed by atoms with Crippen LogP contribution in [0.15, 0.2) is 36.4 Å². The van der Waals surface area contributed by atoms with Crippen LogP contribution in [-0.4, -0.2) is 25.8 Å². The van der Waals surface area contributed by atoms with Crippen LogP contribution in [0.5, 0.6) is 0 Å². The zero-order valence-corrected chi connectivity index (χ0v) is 12.8. The zero-order chi connectivity index (χ0) is 15.8. The number of aryl methyl sites for hydroxylation is 2. The second kappa shape index (κ2) is 6.02. The Morgan fingerprint density at radius 3 is 2.04 bits per heavy atom.